The molecule has 0 fully saturated rings. The molecular formula is C2H6Cl4P2. The zero-order valence-electron chi connectivity index (χ0n) is 4.41. The summed E-state index contributed by atoms with van der Waals surface area (Å²) in [4.78, 5) is -2.64. The molecule has 0 aliphatic heterocycles. The summed E-state index contributed by atoms with van der Waals surface area (Å²) in [6, 6.07) is 0. The summed E-state index contributed by atoms with van der Waals surface area (Å²) < 4.78 is 0. The predicted octanol–water partition coefficient (Wildman–Crippen LogP) is 4.81. The minimum absolute atomic E-state index is 1.22. The Kier molecular flexibility index (Phi) is 3.22. The van der Waals surface area contributed by atoms with Gasteiger partial charge in [-0.15, -0.1) is 0 Å². The number of rotatable bonds is 1. The van der Waals surface area contributed by atoms with Crippen LogP contribution in [0.4, 0.5) is 0 Å². The third kappa shape index (κ3) is 3.94. The summed E-state index contributed by atoms with van der Waals surface area (Å²) in [5, 5.41) is 0. The average molecular weight is 234 g/mol. The van der Waals surface area contributed by atoms with Gasteiger partial charge in [-0.25, -0.2) is 0 Å². The van der Waals surface area contributed by atoms with Crippen LogP contribution in [0.25, 0.3) is 0 Å². The van der Waals surface area contributed by atoms with Crippen molar-refractivity contribution < 1.29 is 0 Å². The molecule has 0 atom stereocenters. The second kappa shape index (κ2) is 2.57. The van der Waals surface area contributed by atoms with Crippen molar-refractivity contribution in [2.75, 3.05) is 13.3 Å². The Morgan fingerprint density at radius 3 is 1.25 bits per heavy atom. The van der Waals surface area contributed by atoms with Crippen molar-refractivity contribution in [1.29, 1.82) is 0 Å². The minimum atomic E-state index is -2.64. The Hall–Kier alpha value is 2.02. The first-order valence-corrected chi connectivity index (χ1v) is 10.6. The van der Waals surface area contributed by atoms with Gasteiger partial charge in [0.15, 0.2) is 0 Å². The van der Waals surface area contributed by atoms with Gasteiger partial charge in [0, 0.05) is 0 Å². The Balaban J connectivity index is 4.14. The van der Waals surface area contributed by atoms with Crippen molar-refractivity contribution in [3.05, 3.63) is 0 Å². The van der Waals surface area contributed by atoms with Gasteiger partial charge in [0.25, 0.3) is 0 Å². The van der Waals surface area contributed by atoms with Gasteiger partial charge in [0.05, 0.1) is 0 Å². The summed E-state index contributed by atoms with van der Waals surface area (Å²) in [6.07, 6.45) is -1.22. The van der Waals surface area contributed by atoms with Gasteiger partial charge in [-0.3, -0.25) is 0 Å². The summed E-state index contributed by atoms with van der Waals surface area (Å²) in [5.74, 6) is 0. The van der Waals surface area contributed by atoms with Crippen LogP contribution in [0.2, 0.25) is 0 Å². The normalized spacial score (nSPS) is 18.1. The SMILES string of the molecule is CP(C)(Cl)(Cl)P(Cl)Cl. The van der Waals surface area contributed by atoms with E-state index < -0.39 is 11.3 Å². The van der Waals surface area contributed by atoms with Crippen LogP contribution in [0.1, 0.15) is 0 Å². The molecule has 0 spiro atoms. The fourth-order valence-corrected chi connectivity index (χ4v) is 0. The van der Waals surface area contributed by atoms with Gasteiger partial charge in [-0.1, -0.05) is 0 Å². The van der Waals surface area contributed by atoms with Crippen molar-refractivity contribution in [2.45, 2.75) is 0 Å². The molecule has 52 valence electrons. The zero-order valence-corrected chi connectivity index (χ0v) is 9.22. The Bertz CT molecular complexity index is 82.7. The van der Waals surface area contributed by atoms with Crippen LogP contribution in [0, 0.1) is 0 Å². The van der Waals surface area contributed by atoms with Gasteiger partial charge in [0.2, 0.25) is 0 Å². The van der Waals surface area contributed by atoms with E-state index in [-0.39, 0.29) is 0 Å². The van der Waals surface area contributed by atoms with Crippen LogP contribution in [0.5, 0.6) is 0 Å². The van der Waals surface area contributed by atoms with Crippen LogP contribution in [-0.2, 0) is 0 Å². The second-order valence-corrected chi connectivity index (χ2v) is 22.6. The predicted molar refractivity (Wildman–Crippen MR) is 49.1 cm³/mol. The Labute approximate surface area is 69.6 Å². The van der Waals surface area contributed by atoms with Crippen molar-refractivity contribution in [1.82, 2.24) is 0 Å². The molecule has 0 aromatic rings. The van der Waals surface area contributed by atoms with Crippen molar-refractivity contribution in [3.63, 3.8) is 0 Å². The van der Waals surface area contributed by atoms with E-state index >= 15 is 0 Å². The standard InChI is InChI=1S/C2H6Cl4P2/c1-8(2,5,6)7(3)4/h1-2H3. The number of hydrogen-bond donors (Lipinski definition) is 0. The van der Waals surface area contributed by atoms with Crippen LogP contribution < -0.4 is 0 Å². The zero-order chi connectivity index (χ0) is 7.02. The molecule has 0 unspecified atom stereocenters. The van der Waals surface area contributed by atoms with Crippen LogP contribution in [0.15, 0.2) is 0 Å². The van der Waals surface area contributed by atoms with Gasteiger partial charge >= 0.3 is 69.6 Å². The van der Waals surface area contributed by atoms with E-state index in [9.17, 15) is 0 Å². The average Bonchev–Trinajstić information content (AvgIpc) is 1.27. The summed E-state index contributed by atoms with van der Waals surface area (Å²) in [7, 11) is 0. The summed E-state index contributed by atoms with van der Waals surface area (Å²) >= 11 is 22.6. The van der Waals surface area contributed by atoms with E-state index in [0.717, 1.165) is 0 Å². The van der Waals surface area contributed by atoms with E-state index in [1.165, 1.54) is 0 Å². The summed E-state index contributed by atoms with van der Waals surface area (Å²) in [6.45, 7) is 3.42. The first-order chi connectivity index (χ1) is 3.20. The molecule has 0 aromatic heterocycles. The quantitative estimate of drug-likeness (QED) is 0.570. The van der Waals surface area contributed by atoms with Crippen molar-refractivity contribution in [3.8, 4) is 0 Å². The topological polar surface area (TPSA) is 0 Å². The van der Waals surface area contributed by atoms with Gasteiger partial charge in [-0.05, 0) is 0 Å². The Morgan fingerprint density at radius 2 is 1.25 bits per heavy atom. The van der Waals surface area contributed by atoms with E-state index in [0.29, 0.717) is 0 Å². The second-order valence-electron chi connectivity index (χ2n) is 1.95. The molecule has 0 nitrogen and oxygen atoms in total. The van der Waals surface area contributed by atoms with E-state index in [1.54, 1.807) is 13.3 Å². The molecule has 0 aliphatic rings. The molecule has 0 saturated carbocycles. The van der Waals surface area contributed by atoms with E-state index in [4.69, 9.17) is 45.0 Å². The van der Waals surface area contributed by atoms with Gasteiger partial charge in [0.1, 0.15) is 0 Å². The fraction of sp³-hybridized carbons (Fsp3) is 1.00. The molecule has 0 aliphatic carbocycles. The molecule has 0 saturated heterocycles. The van der Waals surface area contributed by atoms with Crippen LogP contribution in [-0.4, -0.2) is 13.3 Å². The molecule has 0 radical (unpaired) electrons. The first-order valence-electron chi connectivity index (χ1n) is 1.77. The molecule has 0 bridgehead atoms. The van der Waals surface area contributed by atoms with Gasteiger partial charge in [-0.2, -0.15) is 0 Å². The summed E-state index contributed by atoms with van der Waals surface area (Å²) in [5.41, 5.74) is 0. The molecule has 0 N–H and O–H groups in total. The third-order valence-electron chi connectivity index (χ3n) is 0.417. The maximum absolute atomic E-state index is 5.78. The molecule has 0 aromatic carbocycles. The van der Waals surface area contributed by atoms with Crippen molar-refractivity contribution in [2.24, 2.45) is 0 Å². The molecule has 8 heavy (non-hydrogen) atoms. The monoisotopic (exact) mass is 232 g/mol. The third-order valence-corrected chi connectivity index (χ3v) is 17.4. The van der Waals surface area contributed by atoms with Gasteiger partial charge < -0.3 is 0 Å². The maximum atomic E-state index is 5.78. The molecule has 0 rings (SSSR count). The Morgan fingerprint density at radius 1 is 1.12 bits per heavy atom. The number of hydrogen-bond acceptors (Lipinski definition) is 0. The van der Waals surface area contributed by atoms with Crippen LogP contribution >= 0.6 is 56.3 Å². The van der Waals surface area contributed by atoms with Crippen LogP contribution in [0.3, 0.4) is 0 Å². The fourth-order valence-electron chi connectivity index (χ4n) is 0. The molecule has 6 heteroatoms. The van der Waals surface area contributed by atoms with E-state index in [2.05, 4.69) is 0 Å². The molecular weight excluding hydrogens is 228 g/mol. The molecule has 0 heterocycles. The first kappa shape index (κ1) is 10.0. The molecule has 0 amide bonds. The van der Waals surface area contributed by atoms with Crippen molar-refractivity contribution >= 4 is 56.3 Å². The van der Waals surface area contributed by atoms with E-state index in [1.807, 2.05) is 0 Å². The number of halogens is 4.